The van der Waals surface area contributed by atoms with Gasteiger partial charge < -0.3 is 19.5 Å². The van der Waals surface area contributed by atoms with Crippen molar-refractivity contribution in [2.45, 2.75) is 39.3 Å². The smallest absolute Gasteiger partial charge is 0.317 e. The minimum atomic E-state index is -0.281. The number of nitrogens with zero attached hydrogens (tertiary/aromatic N) is 4. The van der Waals surface area contributed by atoms with Crippen molar-refractivity contribution in [3.05, 3.63) is 42.2 Å². The Morgan fingerprint density at radius 2 is 2.15 bits per heavy atom. The molecule has 0 spiro atoms. The summed E-state index contributed by atoms with van der Waals surface area (Å²) in [4.78, 5) is 14.3. The SMILES string of the molecule is CC(C)n1cnnc1CNC(=O)N1CCCC(COc2ccc(F)cc2)C1. The molecule has 1 unspecified atom stereocenters. The molecule has 1 atom stereocenters. The Balaban J connectivity index is 1.47. The van der Waals surface area contributed by atoms with Crippen LogP contribution < -0.4 is 10.1 Å². The third-order valence-electron chi connectivity index (χ3n) is 4.71. The molecule has 1 aromatic heterocycles. The number of urea groups is 1. The topological polar surface area (TPSA) is 72.3 Å². The van der Waals surface area contributed by atoms with Gasteiger partial charge in [0.15, 0.2) is 5.82 Å². The zero-order valence-corrected chi connectivity index (χ0v) is 15.8. The van der Waals surface area contributed by atoms with E-state index in [1.165, 1.54) is 12.1 Å². The molecule has 7 nitrogen and oxygen atoms in total. The highest BCUT2D eigenvalue weighted by Crippen LogP contribution is 2.19. The Morgan fingerprint density at radius 1 is 1.37 bits per heavy atom. The maximum Gasteiger partial charge on any atom is 0.317 e. The average molecular weight is 375 g/mol. The van der Waals surface area contributed by atoms with Gasteiger partial charge in [0.1, 0.15) is 17.9 Å². The number of hydrogen-bond acceptors (Lipinski definition) is 4. The van der Waals surface area contributed by atoms with Gasteiger partial charge in [-0.3, -0.25) is 0 Å². The minimum Gasteiger partial charge on any atom is -0.493 e. The van der Waals surface area contributed by atoms with E-state index in [1.54, 1.807) is 18.5 Å². The second-order valence-electron chi connectivity index (χ2n) is 7.13. The van der Waals surface area contributed by atoms with Crippen LogP contribution in [0, 0.1) is 11.7 Å². The van der Waals surface area contributed by atoms with E-state index in [0.29, 0.717) is 25.4 Å². The van der Waals surface area contributed by atoms with Gasteiger partial charge in [-0.2, -0.15) is 0 Å². The monoisotopic (exact) mass is 375 g/mol. The van der Waals surface area contributed by atoms with Gasteiger partial charge in [-0.25, -0.2) is 9.18 Å². The molecule has 2 heterocycles. The van der Waals surface area contributed by atoms with Gasteiger partial charge in [0.25, 0.3) is 0 Å². The van der Waals surface area contributed by atoms with E-state index in [2.05, 4.69) is 15.5 Å². The molecule has 1 N–H and O–H groups in total. The Kier molecular flexibility index (Phi) is 6.26. The summed E-state index contributed by atoms with van der Waals surface area (Å²) in [6, 6.07) is 6.15. The molecule has 2 amide bonds. The summed E-state index contributed by atoms with van der Waals surface area (Å²) in [5, 5.41) is 10.9. The highest BCUT2D eigenvalue weighted by Gasteiger charge is 2.24. The minimum absolute atomic E-state index is 0.0974. The maximum absolute atomic E-state index is 12.9. The number of amides is 2. The quantitative estimate of drug-likeness (QED) is 0.842. The fourth-order valence-electron chi connectivity index (χ4n) is 3.22. The summed E-state index contributed by atoms with van der Waals surface area (Å²) >= 11 is 0. The summed E-state index contributed by atoms with van der Waals surface area (Å²) in [5.41, 5.74) is 0. The zero-order chi connectivity index (χ0) is 19.2. The first-order chi connectivity index (χ1) is 13.0. The number of ether oxygens (including phenoxy) is 1. The lowest BCUT2D eigenvalue weighted by Crippen LogP contribution is -2.46. The van der Waals surface area contributed by atoms with E-state index in [1.807, 2.05) is 23.3 Å². The van der Waals surface area contributed by atoms with Crippen LogP contribution in [0.2, 0.25) is 0 Å². The molecule has 0 radical (unpaired) electrons. The first kappa shape index (κ1) is 19.1. The number of carbonyl (C=O) groups excluding carboxylic acids is 1. The number of halogens is 1. The molecule has 146 valence electrons. The van der Waals surface area contributed by atoms with Gasteiger partial charge in [0.05, 0.1) is 13.2 Å². The number of rotatable bonds is 6. The lowest BCUT2D eigenvalue weighted by Gasteiger charge is -2.32. The average Bonchev–Trinajstić information content (AvgIpc) is 3.15. The fourth-order valence-corrected chi connectivity index (χ4v) is 3.22. The van der Waals surface area contributed by atoms with E-state index in [-0.39, 0.29) is 23.8 Å². The number of benzene rings is 1. The second kappa shape index (κ2) is 8.83. The third kappa shape index (κ3) is 5.18. The molecule has 0 bridgehead atoms. The Bertz CT molecular complexity index is 747. The van der Waals surface area contributed by atoms with Crippen molar-refractivity contribution in [2.24, 2.45) is 5.92 Å². The van der Waals surface area contributed by atoms with Gasteiger partial charge >= 0.3 is 6.03 Å². The summed E-state index contributed by atoms with van der Waals surface area (Å²) < 4.78 is 20.6. The fraction of sp³-hybridized carbons (Fsp3) is 0.526. The predicted molar refractivity (Wildman–Crippen MR) is 98.8 cm³/mol. The van der Waals surface area contributed by atoms with Crippen LogP contribution in [0.25, 0.3) is 0 Å². The van der Waals surface area contributed by atoms with Crippen LogP contribution in [-0.4, -0.2) is 45.4 Å². The van der Waals surface area contributed by atoms with Crippen molar-refractivity contribution in [1.82, 2.24) is 25.0 Å². The van der Waals surface area contributed by atoms with E-state index < -0.39 is 0 Å². The van der Waals surface area contributed by atoms with Crippen LogP contribution in [0.5, 0.6) is 5.75 Å². The molecule has 1 saturated heterocycles. The van der Waals surface area contributed by atoms with Crippen molar-refractivity contribution in [3.63, 3.8) is 0 Å². The van der Waals surface area contributed by atoms with E-state index in [0.717, 1.165) is 25.2 Å². The van der Waals surface area contributed by atoms with Crippen LogP contribution in [0.3, 0.4) is 0 Å². The van der Waals surface area contributed by atoms with E-state index in [4.69, 9.17) is 4.74 Å². The van der Waals surface area contributed by atoms with Crippen molar-refractivity contribution >= 4 is 6.03 Å². The predicted octanol–water partition coefficient (Wildman–Crippen LogP) is 3.00. The van der Waals surface area contributed by atoms with Crippen LogP contribution in [0.1, 0.15) is 38.6 Å². The molecular weight excluding hydrogens is 349 g/mol. The number of aromatic nitrogens is 3. The maximum atomic E-state index is 12.9. The molecule has 8 heteroatoms. The molecule has 3 rings (SSSR count). The normalized spacial score (nSPS) is 17.2. The van der Waals surface area contributed by atoms with Crippen LogP contribution in [-0.2, 0) is 6.54 Å². The van der Waals surface area contributed by atoms with Crippen LogP contribution in [0.4, 0.5) is 9.18 Å². The second-order valence-corrected chi connectivity index (χ2v) is 7.13. The Hall–Kier alpha value is -2.64. The Labute approximate surface area is 158 Å². The molecule has 27 heavy (non-hydrogen) atoms. The Morgan fingerprint density at radius 3 is 2.89 bits per heavy atom. The first-order valence-corrected chi connectivity index (χ1v) is 9.32. The summed E-state index contributed by atoms with van der Waals surface area (Å²) in [7, 11) is 0. The molecule has 1 aliphatic rings. The van der Waals surface area contributed by atoms with Gasteiger partial charge in [0.2, 0.25) is 0 Å². The van der Waals surface area contributed by atoms with Gasteiger partial charge in [-0.15, -0.1) is 10.2 Å². The van der Waals surface area contributed by atoms with Gasteiger partial charge in [-0.05, 0) is 51.0 Å². The summed E-state index contributed by atoms with van der Waals surface area (Å²) in [6.07, 6.45) is 3.62. The van der Waals surface area contributed by atoms with Gasteiger partial charge in [0, 0.05) is 25.0 Å². The lowest BCUT2D eigenvalue weighted by molar-refractivity contribution is 0.137. The van der Waals surface area contributed by atoms with E-state index >= 15 is 0 Å². The highest BCUT2D eigenvalue weighted by molar-refractivity contribution is 5.74. The third-order valence-corrected chi connectivity index (χ3v) is 4.71. The van der Waals surface area contributed by atoms with Crippen LogP contribution in [0.15, 0.2) is 30.6 Å². The highest BCUT2D eigenvalue weighted by atomic mass is 19.1. The number of piperidine rings is 1. The standard InChI is InChI=1S/C19H26FN5O2/c1-14(2)25-13-22-23-18(25)10-21-19(26)24-9-3-4-15(11-24)12-27-17-7-5-16(20)6-8-17/h5-8,13-15H,3-4,9-12H2,1-2H3,(H,21,26). The molecule has 0 aliphatic carbocycles. The van der Waals surface area contributed by atoms with Crippen molar-refractivity contribution in [3.8, 4) is 5.75 Å². The van der Waals surface area contributed by atoms with Crippen LogP contribution >= 0.6 is 0 Å². The molecular formula is C19H26FN5O2. The number of likely N-dealkylation sites (tertiary alicyclic amines) is 1. The van der Waals surface area contributed by atoms with Crippen molar-refractivity contribution < 1.29 is 13.9 Å². The molecule has 2 aromatic rings. The van der Waals surface area contributed by atoms with Gasteiger partial charge in [-0.1, -0.05) is 0 Å². The number of nitrogens with one attached hydrogen (secondary N) is 1. The first-order valence-electron chi connectivity index (χ1n) is 9.32. The summed E-state index contributed by atoms with van der Waals surface area (Å²) in [5.74, 6) is 1.36. The molecule has 1 aliphatic heterocycles. The number of hydrogen-bond donors (Lipinski definition) is 1. The lowest BCUT2D eigenvalue weighted by atomic mass is 9.99. The number of carbonyl (C=O) groups is 1. The molecule has 1 fully saturated rings. The van der Waals surface area contributed by atoms with Crippen molar-refractivity contribution in [1.29, 1.82) is 0 Å². The largest absolute Gasteiger partial charge is 0.493 e. The molecule has 1 aromatic carbocycles. The molecule has 0 saturated carbocycles. The van der Waals surface area contributed by atoms with E-state index in [9.17, 15) is 9.18 Å². The van der Waals surface area contributed by atoms with Crippen molar-refractivity contribution in [2.75, 3.05) is 19.7 Å². The summed E-state index contributed by atoms with van der Waals surface area (Å²) in [6.45, 7) is 6.33. The zero-order valence-electron chi connectivity index (χ0n) is 15.8.